The molecule has 1 unspecified atom stereocenters. The normalized spacial score (nSPS) is 11.4. The van der Waals surface area contributed by atoms with Crippen molar-refractivity contribution in [2.24, 2.45) is 5.73 Å². The summed E-state index contributed by atoms with van der Waals surface area (Å²) >= 11 is 0. The number of nitrogens with one attached hydrogen (secondary N) is 2. The monoisotopic (exact) mass is 251 g/mol. The average Bonchev–Trinajstić information content (AvgIpc) is 2.38. The molecule has 1 aromatic carbocycles. The fourth-order valence-electron chi connectivity index (χ4n) is 1.40. The van der Waals surface area contributed by atoms with Crippen molar-refractivity contribution in [1.82, 2.24) is 5.32 Å². The zero-order chi connectivity index (χ0) is 13.5. The van der Waals surface area contributed by atoms with Crippen LogP contribution in [0.25, 0.3) is 0 Å². The number of carbonyl (C=O) groups excluding carboxylic acids is 2. The van der Waals surface area contributed by atoms with Gasteiger partial charge in [-0.25, -0.2) is 0 Å². The van der Waals surface area contributed by atoms with Crippen molar-refractivity contribution in [3.63, 3.8) is 0 Å². The minimum atomic E-state index is -0.738. The van der Waals surface area contributed by atoms with E-state index >= 15 is 0 Å². The molecule has 0 aromatic heterocycles. The molecule has 1 aromatic rings. The number of ether oxygens (including phenoxy) is 1. The predicted octanol–water partition coefficient (Wildman–Crippen LogP) is 0.0971. The summed E-state index contributed by atoms with van der Waals surface area (Å²) in [4.78, 5) is 22.5. The molecule has 6 nitrogen and oxygen atoms in total. The molecular weight excluding hydrogens is 234 g/mol. The molecule has 98 valence electrons. The number of methoxy groups -OCH3 is 1. The van der Waals surface area contributed by atoms with Crippen LogP contribution in [0.3, 0.4) is 0 Å². The molecule has 0 radical (unpaired) electrons. The maximum atomic E-state index is 11.2. The largest absolute Gasteiger partial charge is 0.497 e. The first kappa shape index (κ1) is 13.8. The van der Waals surface area contributed by atoms with Gasteiger partial charge in [-0.1, -0.05) is 0 Å². The minimum Gasteiger partial charge on any atom is -0.497 e. The highest BCUT2D eigenvalue weighted by atomic mass is 16.5. The van der Waals surface area contributed by atoms with Gasteiger partial charge in [-0.2, -0.15) is 0 Å². The predicted molar refractivity (Wildman–Crippen MR) is 68.3 cm³/mol. The van der Waals surface area contributed by atoms with Crippen molar-refractivity contribution in [3.8, 4) is 5.75 Å². The van der Waals surface area contributed by atoms with Crippen LogP contribution >= 0.6 is 0 Å². The topological polar surface area (TPSA) is 93.4 Å². The van der Waals surface area contributed by atoms with Crippen LogP contribution in [0.2, 0.25) is 0 Å². The number of nitrogens with two attached hydrogens (primary N) is 1. The molecule has 0 spiro atoms. The molecule has 2 amide bonds. The van der Waals surface area contributed by atoms with Crippen molar-refractivity contribution in [3.05, 3.63) is 24.3 Å². The lowest BCUT2D eigenvalue weighted by Gasteiger charge is -2.16. The quantitative estimate of drug-likeness (QED) is 0.668. The second-order valence-corrected chi connectivity index (χ2v) is 3.71. The molecule has 4 N–H and O–H groups in total. The van der Waals surface area contributed by atoms with Crippen LogP contribution in [0.15, 0.2) is 24.3 Å². The first-order valence-electron chi connectivity index (χ1n) is 5.47. The summed E-state index contributed by atoms with van der Waals surface area (Å²) < 4.78 is 5.02. The summed E-state index contributed by atoms with van der Waals surface area (Å²) in [5.41, 5.74) is 5.94. The smallest absolute Gasteiger partial charge is 0.240 e. The van der Waals surface area contributed by atoms with Crippen molar-refractivity contribution < 1.29 is 14.3 Å². The van der Waals surface area contributed by atoms with Crippen LogP contribution in [-0.4, -0.2) is 32.0 Å². The van der Waals surface area contributed by atoms with E-state index in [9.17, 15) is 9.59 Å². The summed E-state index contributed by atoms with van der Waals surface area (Å²) in [6.07, 6.45) is -0.00212. The lowest BCUT2D eigenvalue weighted by atomic mass is 10.1. The van der Waals surface area contributed by atoms with Gasteiger partial charge in [-0.15, -0.1) is 0 Å². The third-order valence-corrected chi connectivity index (χ3v) is 2.44. The van der Waals surface area contributed by atoms with Crippen LogP contribution in [0.4, 0.5) is 5.69 Å². The first-order chi connectivity index (χ1) is 8.56. The minimum absolute atomic E-state index is 0.00212. The van der Waals surface area contributed by atoms with Crippen LogP contribution in [0.1, 0.15) is 6.42 Å². The summed E-state index contributed by atoms with van der Waals surface area (Å²) in [5.74, 6) is -0.114. The van der Waals surface area contributed by atoms with E-state index in [2.05, 4.69) is 10.6 Å². The number of amides is 2. The van der Waals surface area contributed by atoms with Gasteiger partial charge in [-0.3, -0.25) is 9.59 Å². The van der Waals surface area contributed by atoms with Crippen LogP contribution in [-0.2, 0) is 9.59 Å². The molecule has 1 atom stereocenters. The van der Waals surface area contributed by atoms with E-state index in [1.54, 1.807) is 31.4 Å². The summed E-state index contributed by atoms with van der Waals surface area (Å²) in [5, 5.41) is 5.35. The van der Waals surface area contributed by atoms with Gasteiger partial charge in [0.05, 0.1) is 13.5 Å². The van der Waals surface area contributed by atoms with Gasteiger partial charge in [0.2, 0.25) is 11.8 Å². The van der Waals surface area contributed by atoms with Crippen molar-refractivity contribution in [2.45, 2.75) is 12.5 Å². The Morgan fingerprint density at radius 1 is 1.33 bits per heavy atom. The third-order valence-electron chi connectivity index (χ3n) is 2.44. The Balaban J connectivity index is 2.70. The van der Waals surface area contributed by atoms with Gasteiger partial charge < -0.3 is 21.1 Å². The average molecular weight is 251 g/mol. The molecule has 0 heterocycles. The Kier molecular flexibility index (Phi) is 4.98. The number of carbonyl (C=O) groups is 2. The molecule has 0 aliphatic carbocycles. The number of hydrogen-bond acceptors (Lipinski definition) is 4. The Hall–Kier alpha value is -2.24. The molecule has 0 saturated heterocycles. The number of rotatable bonds is 6. The highest BCUT2D eigenvalue weighted by Crippen LogP contribution is 2.16. The van der Waals surface area contributed by atoms with Crippen LogP contribution in [0.5, 0.6) is 5.75 Å². The Morgan fingerprint density at radius 3 is 2.39 bits per heavy atom. The van der Waals surface area contributed by atoms with Crippen molar-refractivity contribution in [2.75, 3.05) is 19.5 Å². The fraction of sp³-hybridized carbons (Fsp3) is 0.333. The van der Waals surface area contributed by atoms with Crippen molar-refractivity contribution >= 4 is 17.5 Å². The summed E-state index contributed by atoms with van der Waals surface area (Å²) in [6, 6.07) is 6.26. The molecular formula is C12H17N3O3. The maximum absolute atomic E-state index is 11.2. The summed E-state index contributed by atoms with van der Waals surface area (Å²) in [7, 11) is 3.08. The second-order valence-electron chi connectivity index (χ2n) is 3.71. The SMILES string of the molecule is CNC(=O)CC(Nc1ccc(OC)cc1)C(N)=O. The van der Waals surface area contributed by atoms with Gasteiger partial charge in [-0.05, 0) is 24.3 Å². The molecule has 0 saturated carbocycles. The van der Waals surface area contributed by atoms with E-state index in [0.29, 0.717) is 11.4 Å². The van der Waals surface area contributed by atoms with Gasteiger partial charge in [0.25, 0.3) is 0 Å². The van der Waals surface area contributed by atoms with E-state index < -0.39 is 11.9 Å². The van der Waals surface area contributed by atoms with E-state index in [1.165, 1.54) is 7.05 Å². The van der Waals surface area contributed by atoms with E-state index in [4.69, 9.17) is 10.5 Å². The number of anilines is 1. The van der Waals surface area contributed by atoms with E-state index in [1.807, 2.05) is 0 Å². The maximum Gasteiger partial charge on any atom is 0.240 e. The number of benzene rings is 1. The number of primary amides is 1. The molecule has 18 heavy (non-hydrogen) atoms. The zero-order valence-corrected chi connectivity index (χ0v) is 10.4. The van der Waals surface area contributed by atoms with Crippen molar-refractivity contribution in [1.29, 1.82) is 0 Å². The standard InChI is InChI=1S/C12H17N3O3/c1-14-11(16)7-10(12(13)17)15-8-3-5-9(18-2)6-4-8/h3-6,10,15H,7H2,1-2H3,(H2,13,17)(H,14,16). The fourth-order valence-corrected chi connectivity index (χ4v) is 1.40. The van der Waals surface area contributed by atoms with Gasteiger partial charge >= 0.3 is 0 Å². The highest BCUT2D eigenvalue weighted by Gasteiger charge is 2.18. The lowest BCUT2D eigenvalue weighted by molar-refractivity contribution is -0.125. The lowest BCUT2D eigenvalue weighted by Crippen LogP contribution is -2.39. The van der Waals surface area contributed by atoms with E-state index in [0.717, 1.165) is 0 Å². The molecule has 6 heteroatoms. The second kappa shape index (κ2) is 6.48. The molecule has 0 aliphatic rings. The number of hydrogen-bond donors (Lipinski definition) is 3. The summed E-state index contributed by atoms with van der Waals surface area (Å²) in [6.45, 7) is 0. The Morgan fingerprint density at radius 2 is 1.94 bits per heavy atom. The van der Waals surface area contributed by atoms with E-state index in [-0.39, 0.29) is 12.3 Å². The molecule has 1 rings (SSSR count). The Bertz CT molecular complexity index is 417. The zero-order valence-electron chi connectivity index (χ0n) is 10.4. The molecule has 0 fully saturated rings. The van der Waals surface area contributed by atoms with Gasteiger partial charge in [0.1, 0.15) is 11.8 Å². The van der Waals surface area contributed by atoms with Crippen LogP contribution < -0.4 is 21.1 Å². The third kappa shape index (κ3) is 3.97. The van der Waals surface area contributed by atoms with Crippen LogP contribution in [0, 0.1) is 0 Å². The molecule has 0 aliphatic heterocycles. The highest BCUT2D eigenvalue weighted by molar-refractivity contribution is 5.89. The Labute approximate surface area is 105 Å². The van der Waals surface area contributed by atoms with Gasteiger partial charge in [0.15, 0.2) is 0 Å². The van der Waals surface area contributed by atoms with Gasteiger partial charge in [0, 0.05) is 12.7 Å². The molecule has 0 bridgehead atoms. The first-order valence-corrected chi connectivity index (χ1v) is 5.47.